The summed E-state index contributed by atoms with van der Waals surface area (Å²) in [7, 11) is 0. The van der Waals surface area contributed by atoms with E-state index in [-0.39, 0.29) is 0 Å². The van der Waals surface area contributed by atoms with E-state index >= 15 is 0 Å². The van der Waals surface area contributed by atoms with E-state index in [0.717, 1.165) is 45.8 Å². The predicted octanol–water partition coefficient (Wildman–Crippen LogP) is -0.770. The maximum absolute atomic E-state index is 4.43. The van der Waals surface area contributed by atoms with Gasteiger partial charge < -0.3 is 16.0 Å². The molecule has 1 aliphatic rings. The third-order valence-electron chi connectivity index (χ3n) is 2.01. The number of nitrogens with one attached hydrogen (secondary N) is 3. The number of hydrogen-bond donors (Lipinski definition) is 3. The Bertz CT molecular complexity index is 156. The molecule has 1 aliphatic heterocycles. The molecule has 0 spiro atoms. The molecule has 0 bridgehead atoms. The maximum atomic E-state index is 4.43. The van der Waals surface area contributed by atoms with Crippen LogP contribution in [0.2, 0.25) is 0 Å². The Kier molecular flexibility index (Phi) is 5.73. The monoisotopic (exact) mass is 184 g/mol. The van der Waals surface area contributed by atoms with E-state index in [0.29, 0.717) is 0 Å². The fourth-order valence-corrected chi connectivity index (χ4v) is 1.25. The topological polar surface area (TPSA) is 48.5 Å². The van der Waals surface area contributed by atoms with Crippen LogP contribution >= 0.6 is 0 Å². The highest BCUT2D eigenvalue weighted by Gasteiger charge is 1.94. The lowest BCUT2D eigenvalue weighted by Gasteiger charge is -2.09. The normalized spacial score (nSPS) is 22.7. The minimum Gasteiger partial charge on any atom is -0.314 e. The molecule has 3 N–H and O–H groups in total. The molecule has 0 fully saturated rings. The van der Waals surface area contributed by atoms with Crippen LogP contribution in [0.15, 0.2) is 4.99 Å². The van der Waals surface area contributed by atoms with E-state index in [9.17, 15) is 0 Å². The first-order valence-corrected chi connectivity index (χ1v) is 5.01. The van der Waals surface area contributed by atoms with Gasteiger partial charge in [-0.15, -0.1) is 0 Å². The standard InChI is InChI=1S/C9H20N4/c1-9-8-12-5-4-10-2-3-11-6-7-13-9/h10-12H,2-8H2,1H3. The third kappa shape index (κ3) is 5.74. The van der Waals surface area contributed by atoms with Gasteiger partial charge >= 0.3 is 0 Å². The summed E-state index contributed by atoms with van der Waals surface area (Å²) in [6, 6.07) is 0. The largest absolute Gasteiger partial charge is 0.314 e. The lowest BCUT2D eigenvalue weighted by Crippen LogP contribution is -2.35. The van der Waals surface area contributed by atoms with Gasteiger partial charge in [-0.2, -0.15) is 0 Å². The van der Waals surface area contributed by atoms with E-state index < -0.39 is 0 Å². The summed E-state index contributed by atoms with van der Waals surface area (Å²) in [4.78, 5) is 4.43. The Morgan fingerprint density at radius 1 is 0.923 bits per heavy atom. The molecule has 76 valence electrons. The lowest BCUT2D eigenvalue weighted by molar-refractivity contribution is 0.592. The average Bonchev–Trinajstić information content (AvgIpc) is 2.11. The van der Waals surface area contributed by atoms with Crippen molar-refractivity contribution in [2.75, 3.05) is 45.8 Å². The zero-order valence-electron chi connectivity index (χ0n) is 8.40. The van der Waals surface area contributed by atoms with Crippen LogP contribution in [0.25, 0.3) is 0 Å². The highest BCUT2D eigenvalue weighted by molar-refractivity contribution is 5.83. The van der Waals surface area contributed by atoms with Gasteiger partial charge in [-0.05, 0) is 6.92 Å². The highest BCUT2D eigenvalue weighted by atomic mass is 15.0. The minimum absolute atomic E-state index is 0.896. The number of nitrogens with zero attached hydrogens (tertiary/aromatic N) is 1. The van der Waals surface area contributed by atoms with E-state index in [1.54, 1.807) is 0 Å². The van der Waals surface area contributed by atoms with Gasteiger partial charge in [0.25, 0.3) is 0 Å². The summed E-state index contributed by atoms with van der Waals surface area (Å²) < 4.78 is 0. The van der Waals surface area contributed by atoms with Crippen molar-refractivity contribution in [3.63, 3.8) is 0 Å². The van der Waals surface area contributed by atoms with Gasteiger partial charge in [0.2, 0.25) is 0 Å². The molecule has 0 saturated heterocycles. The molecule has 0 saturated carbocycles. The van der Waals surface area contributed by atoms with Gasteiger partial charge in [0, 0.05) is 45.0 Å². The van der Waals surface area contributed by atoms with Crippen LogP contribution in [0.3, 0.4) is 0 Å². The van der Waals surface area contributed by atoms with Crippen molar-refractivity contribution in [1.29, 1.82) is 0 Å². The molecular formula is C9H20N4. The molecule has 1 rings (SSSR count). The second-order valence-electron chi connectivity index (χ2n) is 3.29. The maximum Gasteiger partial charge on any atom is 0.0514 e. The van der Waals surface area contributed by atoms with Gasteiger partial charge in [0.05, 0.1) is 6.54 Å². The van der Waals surface area contributed by atoms with Crippen LogP contribution in [-0.2, 0) is 0 Å². The van der Waals surface area contributed by atoms with Crippen LogP contribution in [0.1, 0.15) is 6.92 Å². The van der Waals surface area contributed by atoms with Crippen molar-refractivity contribution in [3.05, 3.63) is 0 Å². The van der Waals surface area contributed by atoms with Crippen LogP contribution in [0, 0.1) is 0 Å². The zero-order valence-corrected chi connectivity index (χ0v) is 8.40. The molecule has 4 nitrogen and oxygen atoms in total. The summed E-state index contributed by atoms with van der Waals surface area (Å²) in [6.07, 6.45) is 0. The first-order chi connectivity index (χ1) is 6.39. The van der Waals surface area contributed by atoms with Crippen LogP contribution in [0.4, 0.5) is 0 Å². The predicted molar refractivity (Wildman–Crippen MR) is 56.6 cm³/mol. The van der Waals surface area contributed by atoms with Crippen molar-refractivity contribution in [2.45, 2.75) is 6.92 Å². The summed E-state index contributed by atoms with van der Waals surface area (Å²) in [5, 5.41) is 10.0. The van der Waals surface area contributed by atoms with Gasteiger partial charge in [0.15, 0.2) is 0 Å². The number of hydrogen-bond acceptors (Lipinski definition) is 4. The van der Waals surface area contributed by atoms with E-state index in [4.69, 9.17) is 0 Å². The molecule has 0 aromatic carbocycles. The first-order valence-electron chi connectivity index (χ1n) is 5.01. The van der Waals surface area contributed by atoms with Gasteiger partial charge in [-0.25, -0.2) is 0 Å². The molecule has 1 heterocycles. The summed E-state index contributed by atoms with van der Waals surface area (Å²) in [5.41, 5.74) is 1.20. The fourth-order valence-electron chi connectivity index (χ4n) is 1.25. The average molecular weight is 184 g/mol. The molecular weight excluding hydrogens is 164 g/mol. The van der Waals surface area contributed by atoms with Crippen molar-refractivity contribution >= 4 is 5.71 Å². The van der Waals surface area contributed by atoms with E-state index in [1.165, 1.54) is 5.71 Å². The van der Waals surface area contributed by atoms with E-state index in [2.05, 4.69) is 27.9 Å². The molecule has 0 amide bonds. The molecule has 0 unspecified atom stereocenters. The molecule has 0 radical (unpaired) electrons. The quantitative estimate of drug-likeness (QED) is 0.463. The lowest BCUT2D eigenvalue weighted by atomic mass is 10.4. The Balaban J connectivity index is 2.23. The fraction of sp³-hybridized carbons (Fsp3) is 0.889. The second kappa shape index (κ2) is 7.00. The van der Waals surface area contributed by atoms with Crippen molar-refractivity contribution in [1.82, 2.24) is 16.0 Å². The molecule has 0 aliphatic carbocycles. The van der Waals surface area contributed by atoms with Gasteiger partial charge in [0.1, 0.15) is 0 Å². The molecule has 0 aromatic rings. The molecule has 4 heteroatoms. The first kappa shape index (κ1) is 10.6. The minimum atomic E-state index is 0.896. The zero-order chi connectivity index (χ0) is 9.36. The van der Waals surface area contributed by atoms with Gasteiger partial charge in [-0.3, -0.25) is 4.99 Å². The van der Waals surface area contributed by atoms with Crippen LogP contribution in [0.5, 0.6) is 0 Å². The number of rotatable bonds is 0. The summed E-state index contributed by atoms with van der Waals surface area (Å²) in [5.74, 6) is 0. The van der Waals surface area contributed by atoms with Crippen molar-refractivity contribution < 1.29 is 0 Å². The summed E-state index contributed by atoms with van der Waals surface area (Å²) in [6.45, 7) is 9.02. The van der Waals surface area contributed by atoms with Crippen LogP contribution < -0.4 is 16.0 Å². The Morgan fingerprint density at radius 3 is 2.31 bits per heavy atom. The van der Waals surface area contributed by atoms with Crippen LogP contribution in [-0.4, -0.2) is 51.5 Å². The molecule has 13 heavy (non-hydrogen) atoms. The Hall–Kier alpha value is -0.450. The second-order valence-corrected chi connectivity index (χ2v) is 3.29. The van der Waals surface area contributed by atoms with Gasteiger partial charge in [-0.1, -0.05) is 0 Å². The van der Waals surface area contributed by atoms with Crippen molar-refractivity contribution in [2.24, 2.45) is 4.99 Å². The smallest absolute Gasteiger partial charge is 0.0514 e. The molecule has 0 aromatic heterocycles. The van der Waals surface area contributed by atoms with E-state index in [1.807, 2.05) is 0 Å². The summed E-state index contributed by atoms with van der Waals surface area (Å²) >= 11 is 0. The highest BCUT2D eigenvalue weighted by Crippen LogP contribution is 1.77. The SMILES string of the molecule is CC1=NCCNCCNCCNC1. The third-order valence-corrected chi connectivity index (χ3v) is 2.01. The Labute approximate surface area is 80.2 Å². The Morgan fingerprint density at radius 2 is 1.54 bits per heavy atom. The molecule has 0 atom stereocenters. The van der Waals surface area contributed by atoms with Crippen molar-refractivity contribution in [3.8, 4) is 0 Å². The number of aliphatic imine (C=N–C) groups is 1.